The van der Waals surface area contributed by atoms with Gasteiger partial charge in [0.15, 0.2) is 0 Å². The number of imidazole rings is 1. The van der Waals surface area contributed by atoms with Gasteiger partial charge in [0.1, 0.15) is 5.82 Å². The molecule has 0 fully saturated rings. The summed E-state index contributed by atoms with van der Waals surface area (Å²) in [4.78, 5) is 18.6. The van der Waals surface area contributed by atoms with Gasteiger partial charge >= 0.3 is 0 Å². The highest BCUT2D eigenvalue weighted by molar-refractivity contribution is 5.54. The molecule has 2 heterocycles. The third kappa shape index (κ3) is 1.35. The predicted molar refractivity (Wildman–Crippen MR) is 54.0 cm³/mol. The molecule has 0 atom stereocenters. The van der Waals surface area contributed by atoms with Crippen molar-refractivity contribution < 1.29 is 0 Å². The van der Waals surface area contributed by atoms with Gasteiger partial charge in [-0.3, -0.25) is 4.79 Å². The zero-order valence-corrected chi connectivity index (χ0v) is 8.11. The molecular weight excluding hydrogens is 178 g/mol. The summed E-state index contributed by atoms with van der Waals surface area (Å²) < 4.78 is 1.56. The summed E-state index contributed by atoms with van der Waals surface area (Å²) in [5.41, 5.74) is 1.68. The fourth-order valence-electron chi connectivity index (χ4n) is 1.43. The Balaban J connectivity index is 2.63. The lowest BCUT2D eigenvalue weighted by Gasteiger charge is -2.02. The van der Waals surface area contributed by atoms with Crippen molar-refractivity contribution in [2.75, 3.05) is 0 Å². The predicted octanol–water partition coefficient (Wildman–Crippen LogP) is 1.08. The maximum atomic E-state index is 11.4. The van der Waals surface area contributed by atoms with Gasteiger partial charge < -0.3 is 9.55 Å². The van der Waals surface area contributed by atoms with E-state index >= 15 is 0 Å². The van der Waals surface area contributed by atoms with Crippen LogP contribution < -0.4 is 5.56 Å². The topological polar surface area (TPSA) is 50.7 Å². The number of nitrogens with zero attached hydrogens (tertiary/aromatic N) is 2. The molecule has 0 spiro atoms. The maximum Gasteiger partial charge on any atom is 0.253 e. The number of hydrogen-bond donors (Lipinski definition) is 1. The van der Waals surface area contributed by atoms with E-state index in [0.717, 1.165) is 17.0 Å². The molecule has 0 saturated carbocycles. The van der Waals surface area contributed by atoms with E-state index in [2.05, 4.69) is 9.97 Å². The van der Waals surface area contributed by atoms with Crippen LogP contribution in [0.2, 0.25) is 0 Å². The van der Waals surface area contributed by atoms with Crippen molar-refractivity contribution in [3.63, 3.8) is 0 Å². The molecule has 0 unspecified atom stereocenters. The summed E-state index contributed by atoms with van der Waals surface area (Å²) in [6.45, 7) is 1.80. The van der Waals surface area contributed by atoms with Crippen molar-refractivity contribution >= 4 is 0 Å². The van der Waals surface area contributed by atoms with Crippen molar-refractivity contribution in [1.29, 1.82) is 0 Å². The van der Waals surface area contributed by atoms with Crippen LogP contribution in [0.3, 0.4) is 0 Å². The smallest absolute Gasteiger partial charge is 0.253 e. The number of aromatic amines is 1. The molecule has 0 aliphatic heterocycles. The monoisotopic (exact) mass is 189 g/mol. The first-order valence-electron chi connectivity index (χ1n) is 4.35. The van der Waals surface area contributed by atoms with E-state index in [1.807, 2.05) is 6.07 Å². The Labute approximate surface area is 81.2 Å². The van der Waals surface area contributed by atoms with Gasteiger partial charge in [-0.15, -0.1) is 0 Å². The van der Waals surface area contributed by atoms with E-state index < -0.39 is 0 Å². The van der Waals surface area contributed by atoms with E-state index in [9.17, 15) is 4.79 Å². The van der Waals surface area contributed by atoms with Crippen LogP contribution >= 0.6 is 0 Å². The van der Waals surface area contributed by atoms with Crippen LogP contribution in [0.1, 0.15) is 5.56 Å². The summed E-state index contributed by atoms with van der Waals surface area (Å²) in [7, 11) is 1.74. The second-order valence-corrected chi connectivity index (χ2v) is 3.27. The average molecular weight is 189 g/mol. The van der Waals surface area contributed by atoms with Gasteiger partial charge in [0.25, 0.3) is 5.56 Å². The first-order valence-corrected chi connectivity index (χ1v) is 4.35. The van der Waals surface area contributed by atoms with Crippen molar-refractivity contribution in [2.24, 2.45) is 7.05 Å². The molecule has 2 aromatic rings. The number of pyridine rings is 1. The first kappa shape index (κ1) is 8.74. The number of H-pyrrole nitrogens is 1. The normalized spacial score (nSPS) is 10.4. The zero-order valence-electron chi connectivity index (χ0n) is 8.11. The van der Waals surface area contributed by atoms with Crippen molar-refractivity contribution in [3.05, 3.63) is 40.6 Å². The molecule has 0 aromatic carbocycles. The molecule has 0 aliphatic carbocycles. The Hall–Kier alpha value is -1.84. The first-order chi connectivity index (χ1) is 6.68. The highest BCUT2D eigenvalue weighted by atomic mass is 16.1. The van der Waals surface area contributed by atoms with Crippen molar-refractivity contribution in [2.45, 2.75) is 6.92 Å². The van der Waals surface area contributed by atoms with Crippen LogP contribution in [0.4, 0.5) is 0 Å². The van der Waals surface area contributed by atoms with Crippen molar-refractivity contribution in [1.82, 2.24) is 14.5 Å². The van der Waals surface area contributed by atoms with E-state index in [-0.39, 0.29) is 5.56 Å². The molecule has 4 nitrogen and oxygen atoms in total. The van der Waals surface area contributed by atoms with E-state index in [0.29, 0.717) is 0 Å². The lowest BCUT2D eigenvalue weighted by Crippen LogP contribution is -2.18. The van der Waals surface area contributed by atoms with Gasteiger partial charge in [0.05, 0.1) is 0 Å². The van der Waals surface area contributed by atoms with Crippen LogP contribution in [-0.2, 0) is 7.05 Å². The third-order valence-corrected chi connectivity index (χ3v) is 2.13. The minimum absolute atomic E-state index is 0.0281. The van der Waals surface area contributed by atoms with Gasteiger partial charge in [0.2, 0.25) is 0 Å². The summed E-state index contributed by atoms with van der Waals surface area (Å²) >= 11 is 0. The quantitative estimate of drug-likeness (QED) is 0.729. The lowest BCUT2D eigenvalue weighted by atomic mass is 10.2. The van der Waals surface area contributed by atoms with Gasteiger partial charge in [-0.05, 0) is 13.0 Å². The number of nitrogens with one attached hydrogen (secondary N) is 1. The molecule has 0 bridgehead atoms. The minimum atomic E-state index is 0.0281. The molecule has 0 saturated heterocycles. The fourth-order valence-corrected chi connectivity index (χ4v) is 1.43. The summed E-state index contributed by atoms with van der Waals surface area (Å²) in [6.07, 6.45) is 5.22. The molecule has 0 aliphatic rings. The second kappa shape index (κ2) is 3.14. The van der Waals surface area contributed by atoms with Crippen LogP contribution in [-0.4, -0.2) is 14.5 Å². The Morgan fingerprint density at radius 1 is 1.50 bits per heavy atom. The van der Waals surface area contributed by atoms with Crippen LogP contribution in [0, 0.1) is 6.92 Å². The molecule has 2 rings (SSSR count). The zero-order chi connectivity index (χ0) is 10.1. The highest BCUT2D eigenvalue weighted by Gasteiger charge is 2.03. The Kier molecular flexibility index (Phi) is 1.96. The molecule has 0 amide bonds. The Morgan fingerprint density at radius 3 is 2.86 bits per heavy atom. The van der Waals surface area contributed by atoms with E-state index in [4.69, 9.17) is 0 Å². The van der Waals surface area contributed by atoms with Crippen LogP contribution in [0.5, 0.6) is 0 Å². The van der Waals surface area contributed by atoms with Gasteiger partial charge in [-0.25, -0.2) is 4.98 Å². The second-order valence-electron chi connectivity index (χ2n) is 3.27. The van der Waals surface area contributed by atoms with E-state index in [1.165, 1.54) is 0 Å². The fraction of sp³-hybridized carbons (Fsp3) is 0.200. The average Bonchev–Trinajstić information content (AvgIpc) is 2.66. The van der Waals surface area contributed by atoms with Crippen LogP contribution in [0.15, 0.2) is 29.5 Å². The molecule has 14 heavy (non-hydrogen) atoms. The Morgan fingerprint density at radius 2 is 2.29 bits per heavy atom. The van der Waals surface area contributed by atoms with Gasteiger partial charge in [-0.1, -0.05) is 0 Å². The SMILES string of the molecule is Cc1cc(-c2ncc[nH]2)cn(C)c1=O. The summed E-state index contributed by atoms with van der Waals surface area (Å²) in [5.74, 6) is 0.781. The van der Waals surface area contributed by atoms with Gasteiger partial charge in [0, 0.05) is 36.8 Å². The summed E-state index contributed by atoms with van der Waals surface area (Å²) in [5, 5.41) is 0. The van der Waals surface area contributed by atoms with Gasteiger partial charge in [-0.2, -0.15) is 0 Å². The molecule has 2 aromatic heterocycles. The Bertz CT molecular complexity index is 470. The van der Waals surface area contributed by atoms with Crippen molar-refractivity contribution in [3.8, 4) is 11.4 Å². The standard InChI is InChI=1S/C10H11N3O/c1-7-5-8(6-13(2)10(7)14)9-11-3-4-12-9/h3-6H,1-2H3,(H,11,12). The number of aromatic nitrogens is 3. The molecule has 0 radical (unpaired) electrons. The molecule has 4 heteroatoms. The molecular formula is C10H11N3O. The number of hydrogen-bond acceptors (Lipinski definition) is 2. The lowest BCUT2D eigenvalue weighted by molar-refractivity contribution is 0.849. The maximum absolute atomic E-state index is 11.4. The largest absolute Gasteiger partial charge is 0.345 e. The number of aryl methyl sites for hydroxylation is 2. The molecule has 72 valence electrons. The summed E-state index contributed by atoms with van der Waals surface area (Å²) in [6, 6.07) is 1.83. The number of rotatable bonds is 1. The minimum Gasteiger partial charge on any atom is -0.345 e. The van der Waals surface area contributed by atoms with E-state index in [1.54, 1.807) is 37.1 Å². The highest BCUT2D eigenvalue weighted by Crippen LogP contribution is 2.12. The van der Waals surface area contributed by atoms with Crippen LogP contribution in [0.25, 0.3) is 11.4 Å². The third-order valence-electron chi connectivity index (χ3n) is 2.13. The molecule has 1 N–H and O–H groups in total.